The summed E-state index contributed by atoms with van der Waals surface area (Å²) >= 11 is 0. The Bertz CT molecular complexity index is 1130. The second-order valence-electron chi connectivity index (χ2n) is 5.55. The van der Waals surface area contributed by atoms with Crippen LogP contribution in [-0.4, -0.2) is 24.6 Å². The molecule has 0 saturated heterocycles. The number of fused-ring (bicyclic) bond motifs is 3. The molecule has 0 atom stereocenters. The smallest absolute Gasteiger partial charge is 0.175 e. The lowest BCUT2D eigenvalue weighted by Crippen LogP contribution is -1.96. The molecule has 0 aliphatic heterocycles. The standard InChI is InChI=1S/C18H14N2O2S/c1-23(21,22)13-8-6-12(7-9-13)17-18-15(10-11-19-17)14-4-2-3-5-16(14)20-18/h2-11,20H,1H3. The van der Waals surface area contributed by atoms with Crippen LogP contribution >= 0.6 is 0 Å². The summed E-state index contributed by atoms with van der Waals surface area (Å²) in [5.41, 5.74) is 3.72. The Labute approximate surface area is 133 Å². The Hall–Kier alpha value is -2.66. The van der Waals surface area contributed by atoms with Gasteiger partial charge in [0.05, 0.1) is 16.1 Å². The lowest BCUT2D eigenvalue weighted by Gasteiger charge is -2.04. The molecule has 23 heavy (non-hydrogen) atoms. The van der Waals surface area contributed by atoms with Gasteiger partial charge in [-0.25, -0.2) is 8.42 Å². The number of nitrogens with one attached hydrogen (secondary N) is 1. The number of para-hydroxylation sites is 1. The molecule has 0 aliphatic carbocycles. The molecule has 0 spiro atoms. The topological polar surface area (TPSA) is 62.8 Å². The number of hydrogen-bond donors (Lipinski definition) is 1. The molecule has 114 valence electrons. The van der Waals surface area contributed by atoms with Gasteiger partial charge in [-0.15, -0.1) is 0 Å². The van der Waals surface area contributed by atoms with Crippen molar-refractivity contribution in [2.75, 3.05) is 6.26 Å². The van der Waals surface area contributed by atoms with Crippen molar-refractivity contribution in [3.8, 4) is 11.3 Å². The van der Waals surface area contributed by atoms with Crippen LogP contribution in [0.25, 0.3) is 33.1 Å². The first-order chi connectivity index (χ1) is 11.0. The Kier molecular flexibility index (Phi) is 2.99. The molecule has 0 amide bonds. The highest BCUT2D eigenvalue weighted by atomic mass is 32.2. The van der Waals surface area contributed by atoms with Crippen molar-refractivity contribution in [3.63, 3.8) is 0 Å². The molecule has 4 nitrogen and oxygen atoms in total. The third-order valence-corrected chi connectivity index (χ3v) is 5.11. The van der Waals surface area contributed by atoms with E-state index in [0.29, 0.717) is 4.90 Å². The van der Waals surface area contributed by atoms with Crippen LogP contribution in [-0.2, 0) is 9.84 Å². The third kappa shape index (κ3) is 2.29. The molecule has 5 heteroatoms. The molecule has 0 radical (unpaired) electrons. The van der Waals surface area contributed by atoms with E-state index in [1.165, 1.54) is 6.26 Å². The van der Waals surface area contributed by atoms with Crippen LogP contribution in [0.5, 0.6) is 0 Å². The fraction of sp³-hybridized carbons (Fsp3) is 0.0556. The maximum absolute atomic E-state index is 11.6. The highest BCUT2D eigenvalue weighted by Gasteiger charge is 2.12. The van der Waals surface area contributed by atoms with E-state index < -0.39 is 9.84 Å². The maximum Gasteiger partial charge on any atom is 0.175 e. The molecule has 2 heterocycles. The molecule has 2 aromatic heterocycles. The van der Waals surface area contributed by atoms with Crippen LogP contribution in [0.1, 0.15) is 0 Å². The zero-order valence-corrected chi connectivity index (χ0v) is 13.3. The van der Waals surface area contributed by atoms with Crippen molar-refractivity contribution in [2.24, 2.45) is 0 Å². The minimum atomic E-state index is -3.19. The minimum absolute atomic E-state index is 0.310. The first-order valence-corrected chi connectivity index (χ1v) is 9.09. The van der Waals surface area contributed by atoms with E-state index in [9.17, 15) is 8.42 Å². The van der Waals surface area contributed by atoms with Gasteiger partial charge in [0.15, 0.2) is 9.84 Å². The molecule has 0 bridgehead atoms. The number of aromatic amines is 1. The Morgan fingerprint density at radius 3 is 2.39 bits per heavy atom. The quantitative estimate of drug-likeness (QED) is 0.611. The molecule has 4 rings (SSSR count). The van der Waals surface area contributed by atoms with Crippen LogP contribution < -0.4 is 0 Å². The summed E-state index contributed by atoms with van der Waals surface area (Å²) < 4.78 is 23.2. The Balaban J connectivity index is 1.95. The molecule has 2 aromatic carbocycles. The number of H-pyrrole nitrogens is 1. The molecule has 0 saturated carbocycles. The van der Waals surface area contributed by atoms with Gasteiger partial charge in [0.1, 0.15) is 0 Å². The Morgan fingerprint density at radius 1 is 0.913 bits per heavy atom. The number of hydrogen-bond acceptors (Lipinski definition) is 3. The van der Waals surface area contributed by atoms with E-state index in [4.69, 9.17) is 0 Å². The van der Waals surface area contributed by atoms with Gasteiger partial charge in [-0.2, -0.15) is 0 Å². The number of pyridine rings is 1. The van der Waals surface area contributed by atoms with E-state index in [2.05, 4.69) is 16.0 Å². The SMILES string of the molecule is CS(=O)(=O)c1ccc(-c2nccc3c2[nH]c2ccccc23)cc1. The highest BCUT2D eigenvalue weighted by Crippen LogP contribution is 2.31. The first kappa shape index (κ1) is 14.0. The molecular weight excluding hydrogens is 308 g/mol. The summed E-state index contributed by atoms with van der Waals surface area (Å²) in [4.78, 5) is 8.20. The van der Waals surface area contributed by atoms with Gasteiger partial charge in [0.25, 0.3) is 0 Å². The molecule has 0 unspecified atom stereocenters. The van der Waals surface area contributed by atoms with Crippen LogP contribution in [0.4, 0.5) is 0 Å². The number of aromatic nitrogens is 2. The van der Waals surface area contributed by atoms with Crippen LogP contribution in [0.3, 0.4) is 0 Å². The lowest BCUT2D eigenvalue weighted by molar-refractivity contribution is 0.602. The lowest BCUT2D eigenvalue weighted by atomic mass is 10.1. The second kappa shape index (κ2) is 4.93. The fourth-order valence-electron chi connectivity index (χ4n) is 2.85. The number of nitrogens with zero attached hydrogens (tertiary/aromatic N) is 1. The van der Waals surface area contributed by atoms with E-state index in [1.807, 2.05) is 24.3 Å². The molecular formula is C18H14N2O2S. The predicted molar refractivity (Wildman–Crippen MR) is 92.1 cm³/mol. The predicted octanol–water partition coefficient (Wildman–Crippen LogP) is 3.79. The highest BCUT2D eigenvalue weighted by molar-refractivity contribution is 7.90. The van der Waals surface area contributed by atoms with E-state index in [1.54, 1.807) is 30.5 Å². The summed E-state index contributed by atoms with van der Waals surface area (Å²) in [5, 5.41) is 2.26. The number of rotatable bonds is 2. The third-order valence-electron chi connectivity index (χ3n) is 3.98. The normalized spacial score (nSPS) is 12.0. The van der Waals surface area contributed by atoms with Crippen LogP contribution in [0, 0.1) is 0 Å². The van der Waals surface area contributed by atoms with Crippen LogP contribution in [0.15, 0.2) is 65.7 Å². The van der Waals surface area contributed by atoms with Gasteiger partial charge < -0.3 is 4.98 Å². The molecule has 0 fully saturated rings. The van der Waals surface area contributed by atoms with Gasteiger partial charge in [-0.1, -0.05) is 30.3 Å². The summed E-state index contributed by atoms with van der Waals surface area (Å²) in [7, 11) is -3.19. The zero-order chi connectivity index (χ0) is 16.0. The summed E-state index contributed by atoms with van der Waals surface area (Å²) in [6.45, 7) is 0. The van der Waals surface area contributed by atoms with E-state index >= 15 is 0 Å². The number of benzene rings is 2. The molecule has 4 aromatic rings. The van der Waals surface area contributed by atoms with E-state index in [0.717, 1.165) is 33.1 Å². The van der Waals surface area contributed by atoms with Gasteiger partial charge in [-0.3, -0.25) is 4.98 Å². The van der Waals surface area contributed by atoms with E-state index in [-0.39, 0.29) is 0 Å². The average molecular weight is 322 g/mol. The van der Waals surface area contributed by atoms with Crippen molar-refractivity contribution in [1.82, 2.24) is 9.97 Å². The van der Waals surface area contributed by atoms with Crippen molar-refractivity contribution in [3.05, 3.63) is 60.8 Å². The summed E-state index contributed by atoms with van der Waals surface area (Å²) in [5.74, 6) is 0. The van der Waals surface area contributed by atoms with Gasteiger partial charge >= 0.3 is 0 Å². The van der Waals surface area contributed by atoms with Crippen LogP contribution in [0.2, 0.25) is 0 Å². The Morgan fingerprint density at radius 2 is 1.65 bits per heavy atom. The summed E-state index contributed by atoms with van der Waals surface area (Å²) in [6, 6.07) is 16.9. The minimum Gasteiger partial charge on any atom is -0.353 e. The largest absolute Gasteiger partial charge is 0.353 e. The monoisotopic (exact) mass is 322 g/mol. The van der Waals surface area contributed by atoms with Crippen molar-refractivity contribution in [1.29, 1.82) is 0 Å². The van der Waals surface area contributed by atoms with Crippen molar-refractivity contribution < 1.29 is 8.42 Å². The van der Waals surface area contributed by atoms with Crippen molar-refractivity contribution in [2.45, 2.75) is 4.90 Å². The first-order valence-electron chi connectivity index (χ1n) is 7.20. The van der Waals surface area contributed by atoms with Gasteiger partial charge in [0, 0.05) is 34.3 Å². The van der Waals surface area contributed by atoms with Gasteiger partial charge in [-0.05, 0) is 24.3 Å². The fourth-order valence-corrected chi connectivity index (χ4v) is 3.48. The number of sulfone groups is 1. The zero-order valence-electron chi connectivity index (χ0n) is 12.4. The van der Waals surface area contributed by atoms with Crippen molar-refractivity contribution >= 4 is 31.6 Å². The summed E-state index contributed by atoms with van der Waals surface area (Å²) in [6.07, 6.45) is 2.99. The average Bonchev–Trinajstić information content (AvgIpc) is 2.93. The maximum atomic E-state index is 11.6. The molecule has 0 aliphatic rings. The second-order valence-corrected chi connectivity index (χ2v) is 7.56. The van der Waals surface area contributed by atoms with Gasteiger partial charge in [0.2, 0.25) is 0 Å². The molecule has 1 N–H and O–H groups in total.